The Bertz CT molecular complexity index is 410. The van der Waals surface area contributed by atoms with Gasteiger partial charge < -0.3 is 17.3 Å². The number of carbonyl (C=O) groups is 1. The van der Waals surface area contributed by atoms with Crippen LogP contribution in [0.3, 0.4) is 0 Å². The van der Waals surface area contributed by atoms with Gasteiger partial charge in [-0.25, -0.2) is 0 Å². The molecule has 2 nitrogen and oxygen atoms in total. The minimum absolute atomic E-state index is 0. The van der Waals surface area contributed by atoms with E-state index in [-0.39, 0.29) is 12.4 Å². The molecule has 0 aliphatic heterocycles. The SMILES string of the molecule is CC(C)CCCCCCCCCCCCCCC(=O)CCCCCCCCCCCC[NH+](C)C.[Cl-]. The van der Waals surface area contributed by atoms with Gasteiger partial charge in [0.25, 0.3) is 0 Å². The number of ketones is 1. The van der Waals surface area contributed by atoms with Crippen molar-refractivity contribution in [2.45, 2.75) is 174 Å². The van der Waals surface area contributed by atoms with E-state index in [1.54, 1.807) is 4.90 Å². The Labute approximate surface area is 228 Å². The molecule has 0 aliphatic carbocycles. The standard InChI is InChI=1S/C32H65NO.ClH/c1-31(2)27-23-19-15-11-7-5-6-8-12-16-20-24-28-32(34)29-25-21-17-13-9-10-14-18-22-26-30-33(3)4;/h31H,5-30H2,1-4H3;1H. The molecule has 0 aromatic heterocycles. The number of nitrogens with one attached hydrogen (secondary N) is 1. The van der Waals surface area contributed by atoms with Gasteiger partial charge in [0.2, 0.25) is 0 Å². The van der Waals surface area contributed by atoms with Crippen LogP contribution in [0.15, 0.2) is 0 Å². The Morgan fingerprint density at radius 2 is 0.771 bits per heavy atom. The highest BCUT2D eigenvalue weighted by Gasteiger charge is 2.02. The molecule has 35 heavy (non-hydrogen) atoms. The summed E-state index contributed by atoms with van der Waals surface area (Å²) in [6.45, 7) is 5.98. The number of rotatable bonds is 28. The minimum Gasteiger partial charge on any atom is -1.00 e. The summed E-state index contributed by atoms with van der Waals surface area (Å²) in [6, 6.07) is 0. The van der Waals surface area contributed by atoms with E-state index in [0.717, 1.165) is 31.6 Å². The zero-order valence-corrected chi connectivity index (χ0v) is 25.5. The van der Waals surface area contributed by atoms with Gasteiger partial charge >= 0.3 is 0 Å². The lowest BCUT2D eigenvalue weighted by molar-refractivity contribution is -0.858. The third-order valence-corrected chi connectivity index (χ3v) is 7.37. The van der Waals surface area contributed by atoms with Crippen molar-refractivity contribution in [2.24, 2.45) is 5.92 Å². The maximum absolute atomic E-state index is 12.1. The molecule has 0 aromatic carbocycles. The van der Waals surface area contributed by atoms with Gasteiger partial charge in [-0.15, -0.1) is 0 Å². The van der Waals surface area contributed by atoms with Crippen LogP contribution in [0.5, 0.6) is 0 Å². The van der Waals surface area contributed by atoms with Crippen LogP contribution >= 0.6 is 0 Å². The molecule has 212 valence electrons. The quantitative estimate of drug-likeness (QED) is 0.125. The van der Waals surface area contributed by atoms with Gasteiger partial charge in [0, 0.05) is 12.8 Å². The Hall–Kier alpha value is -0.0800. The first-order valence-corrected chi connectivity index (χ1v) is 15.8. The van der Waals surface area contributed by atoms with Gasteiger partial charge in [-0.05, 0) is 31.6 Å². The van der Waals surface area contributed by atoms with E-state index in [9.17, 15) is 4.79 Å². The van der Waals surface area contributed by atoms with Crippen LogP contribution in [0.4, 0.5) is 0 Å². The van der Waals surface area contributed by atoms with Crippen LogP contribution in [-0.2, 0) is 4.79 Å². The van der Waals surface area contributed by atoms with E-state index in [0.29, 0.717) is 5.78 Å². The number of unbranched alkanes of at least 4 members (excludes halogenated alkanes) is 20. The average molecular weight is 516 g/mol. The van der Waals surface area contributed by atoms with E-state index in [1.165, 1.54) is 141 Å². The molecule has 0 atom stereocenters. The monoisotopic (exact) mass is 515 g/mol. The van der Waals surface area contributed by atoms with Gasteiger partial charge in [-0.1, -0.05) is 136 Å². The number of hydrogen-bond acceptors (Lipinski definition) is 1. The van der Waals surface area contributed by atoms with Crippen LogP contribution in [0.2, 0.25) is 0 Å². The zero-order chi connectivity index (χ0) is 25.1. The molecule has 3 heteroatoms. The first kappa shape index (κ1) is 37.1. The normalized spacial score (nSPS) is 11.4. The summed E-state index contributed by atoms with van der Waals surface area (Å²) >= 11 is 0. The molecule has 0 heterocycles. The van der Waals surface area contributed by atoms with Crippen molar-refractivity contribution < 1.29 is 22.1 Å². The zero-order valence-electron chi connectivity index (χ0n) is 24.7. The molecule has 0 unspecified atom stereocenters. The van der Waals surface area contributed by atoms with Gasteiger partial charge in [0.15, 0.2) is 0 Å². The second-order valence-corrected chi connectivity index (χ2v) is 12.0. The van der Waals surface area contributed by atoms with Crippen molar-refractivity contribution in [3.63, 3.8) is 0 Å². The fraction of sp³-hybridized carbons (Fsp3) is 0.969. The van der Waals surface area contributed by atoms with Crippen LogP contribution in [0.25, 0.3) is 0 Å². The van der Waals surface area contributed by atoms with Crippen molar-refractivity contribution in [3.05, 3.63) is 0 Å². The molecule has 0 spiro atoms. The van der Waals surface area contributed by atoms with Crippen LogP contribution in [-0.4, -0.2) is 26.4 Å². The summed E-state index contributed by atoms with van der Waals surface area (Å²) in [7, 11) is 4.49. The third-order valence-electron chi connectivity index (χ3n) is 7.37. The summed E-state index contributed by atoms with van der Waals surface area (Å²) in [5, 5.41) is 0. The molecule has 1 N–H and O–H groups in total. The van der Waals surface area contributed by atoms with Crippen LogP contribution in [0, 0.1) is 5.92 Å². The number of Topliss-reactive ketones (excluding diaryl/α,β-unsaturated/α-hetero) is 1. The number of halogens is 1. The first-order chi connectivity index (χ1) is 16.5. The molecule has 0 aliphatic rings. The minimum atomic E-state index is 0. The van der Waals surface area contributed by atoms with E-state index < -0.39 is 0 Å². The fourth-order valence-corrected chi connectivity index (χ4v) is 4.98. The molecule has 0 radical (unpaired) electrons. The topological polar surface area (TPSA) is 21.5 Å². The molecule has 0 saturated carbocycles. The van der Waals surface area contributed by atoms with Gasteiger partial charge in [0.05, 0.1) is 20.6 Å². The van der Waals surface area contributed by atoms with E-state index in [1.807, 2.05) is 0 Å². The molecule has 0 rings (SSSR count). The second-order valence-electron chi connectivity index (χ2n) is 12.0. The predicted octanol–water partition coefficient (Wildman–Crippen LogP) is 6.11. The van der Waals surface area contributed by atoms with Crippen molar-refractivity contribution >= 4 is 5.78 Å². The van der Waals surface area contributed by atoms with Crippen LogP contribution < -0.4 is 17.3 Å². The second kappa shape index (κ2) is 30.1. The van der Waals surface area contributed by atoms with E-state index in [4.69, 9.17) is 0 Å². The number of quaternary nitrogens is 1. The number of carbonyl (C=O) groups excluding carboxylic acids is 1. The van der Waals surface area contributed by atoms with Gasteiger partial charge in [-0.3, -0.25) is 4.79 Å². The molecule has 0 amide bonds. The molecule has 0 bridgehead atoms. The highest BCUT2D eigenvalue weighted by molar-refractivity contribution is 5.78. The molecule has 0 fully saturated rings. The Morgan fingerprint density at radius 1 is 0.486 bits per heavy atom. The Balaban J connectivity index is 0. The maximum Gasteiger partial charge on any atom is 0.132 e. The lowest BCUT2D eigenvalue weighted by Crippen LogP contribution is -3.05. The summed E-state index contributed by atoms with van der Waals surface area (Å²) in [5.74, 6) is 1.40. The molecule has 0 saturated heterocycles. The van der Waals surface area contributed by atoms with Gasteiger partial charge in [0.1, 0.15) is 5.78 Å². The van der Waals surface area contributed by atoms with Gasteiger partial charge in [-0.2, -0.15) is 0 Å². The average Bonchev–Trinajstić information content (AvgIpc) is 2.79. The molecular formula is C32H66ClNO. The van der Waals surface area contributed by atoms with Crippen molar-refractivity contribution in [1.82, 2.24) is 0 Å². The largest absolute Gasteiger partial charge is 1.00 e. The lowest BCUT2D eigenvalue weighted by Gasteiger charge is -2.06. The first-order valence-electron chi connectivity index (χ1n) is 15.8. The van der Waals surface area contributed by atoms with E-state index >= 15 is 0 Å². The van der Waals surface area contributed by atoms with Crippen molar-refractivity contribution in [1.29, 1.82) is 0 Å². The number of hydrogen-bond donors (Lipinski definition) is 1. The Kier molecular flexibility index (Phi) is 31.9. The van der Waals surface area contributed by atoms with Crippen molar-refractivity contribution in [2.75, 3.05) is 20.6 Å². The summed E-state index contributed by atoms with van der Waals surface area (Å²) < 4.78 is 0. The third kappa shape index (κ3) is 33.9. The maximum atomic E-state index is 12.1. The predicted molar refractivity (Wildman–Crippen MR) is 153 cm³/mol. The lowest BCUT2D eigenvalue weighted by atomic mass is 10.0. The fourth-order valence-electron chi connectivity index (χ4n) is 4.98. The van der Waals surface area contributed by atoms with E-state index in [2.05, 4.69) is 27.9 Å². The summed E-state index contributed by atoms with van der Waals surface area (Å²) in [6.07, 6.45) is 33.1. The summed E-state index contributed by atoms with van der Waals surface area (Å²) in [5.41, 5.74) is 0. The smallest absolute Gasteiger partial charge is 0.132 e. The van der Waals surface area contributed by atoms with Crippen molar-refractivity contribution in [3.8, 4) is 0 Å². The highest BCUT2D eigenvalue weighted by Crippen LogP contribution is 2.15. The Morgan fingerprint density at radius 3 is 1.09 bits per heavy atom. The molecular weight excluding hydrogens is 450 g/mol. The highest BCUT2D eigenvalue weighted by atomic mass is 35.5. The van der Waals surface area contributed by atoms with Crippen LogP contribution in [0.1, 0.15) is 174 Å². The summed E-state index contributed by atoms with van der Waals surface area (Å²) in [4.78, 5) is 13.7. The molecule has 0 aromatic rings.